The van der Waals surface area contributed by atoms with E-state index in [2.05, 4.69) is 29.8 Å². The van der Waals surface area contributed by atoms with Crippen LogP contribution in [0.4, 0.5) is 15.3 Å². The molecule has 0 fully saturated rings. The maximum Gasteiger partial charge on any atom is 0.320 e. The van der Waals surface area contributed by atoms with E-state index in [0.717, 1.165) is 5.56 Å². The van der Waals surface area contributed by atoms with Crippen LogP contribution in [0.5, 0.6) is 0 Å². The number of hydrogen-bond acceptors (Lipinski definition) is 6. The molecule has 0 bridgehead atoms. The first kappa shape index (κ1) is 27.3. The first-order valence-electron chi connectivity index (χ1n) is 9.58. The van der Waals surface area contributed by atoms with Gasteiger partial charge in [-0.2, -0.15) is 0 Å². The maximum atomic E-state index is 12.4. The highest BCUT2D eigenvalue weighted by Crippen LogP contribution is 2.12. The quantitative estimate of drug-likeness (QED) is 0.272. The number of rotatable bonds is 10. The van der Waals surface area contributed by atoms with Crippen molar-refractivity contribution < 1.29 is 23.9 Å². The Morgan fingerprint density at radius 1 is 1.13 bits per heavy atom. The minimum absolute atomic E-state index is 0.124. The van der Waals surface area contributed by atoms with Gasteiger partial charge in [-0.3, -0.25) is 9.59 Å². The zero-order chi connectivity index (χ0) is 22.9. The van der Waals surface area contributed by atoms with Crippen molar-refractivity contribution >= 4 is 38.5 Å². The van der Waals surface area contributed by atoms with E-state index in [-0.39, 0.29) is 19.7 Å². The summed E-state index contributed by atoms with van der Waals surface area (Å²) in [5.74, 6) is -0.882. The lowest BCUT2D eigenvalue weighted by Crippen LogP contribution is -2.46. The molecule has 1 aromatic rings. The summed E-state index contributed by atoms with van der Waals surface area (Å²) in [5.41, 5.74) is 11.1. The van der Waals surface area contributed by atoms with Crippen LogP contribution in [0.3, 0.4) is 0 Å². The molecule has 0 spiro atoms. The van der Waals surface area contributed by atoms with Gasteiger partial charge >= 0.3 is 11.7 Å². The van der Waals surface area contributed by atoms with E-state index < -0.39 is 29.6 Å². The highest BCUT2D eigenvalue weighted by Gasteiger charge is 2.20. The van der Waals surface area contributed by atoms with Crippen LogP contribution in [0.25, 0.3) is 0 Å². The van der Waals surface area contributed by atoms with Crippen LogP contribution >= 0.6 is 9.24 Å². The second-order valence-electron chi connectivity index (χ2n) is 6.26. The molecule has 168 valence electrons. The number of hydrogen-bond donors (Lipinski definition) is 5. The van der Waals surface area contributed by atoms with Gasteiger partial charge in [-0.25, -0.2) is 9.59 Å². The molecular weight excluding hydrogens is 409 g/mol. The lowest BCUT2D eigenvalue weighted by atomic mass is 10.1. The predicted octanol–water partition coefficient (Wildman–Crippen LogP) is 1.45. The molecule has 4 amide bonds. The number of amides is 4. The average molecular weight is 441 g/mol. The number of benzene rings is 1. The molecule has 0 heterocycles. The molecule has 0 radical (unpaired) electrons. The Labute approximate surface area is 179 Å². The molecule has 2 unspecified atom stereocenters. The molecule has 10 nitrogen and oxygen atoms in total. The zero-order valence-corrected chi connectivity index (χ0v) is 18.6. The number of primary amides is 1. The van der Waals surface area contributed by atoms with Crippen LogP contribution in [0.15, 0.2) is 24.3 Å². The summed E-state index contributed by atoms with van der Waals surface area (Å²) >= 11 is 0. The van der Waals surface area contributed by atoms with Gasteiger partial charge in [-0.05, 0) is 39.8 Å². The first-order valence-corrected chi connectivity index (χ1v) is 10.2. The third kappa shape index (κ3) is 13.5. The van der Waals surface area contributed by atoms with Crippen molar-refractivity contribution in [2.24, 2.45) is 11.5 Å². The molecular formula is C19H32N5O5P. The van der Waals surface area contributed by atoms with Gasteiger partial charge in [0.15, 0.2) is 0 Å². The molecule has 0 saturated heterocycles. The van der Waals surface area contributed by atoms with E-state index in [9.17, 15) is 19.2 Å². The van der Waals surface area contributed by atoms with Gasteiger partial charge < -0.3 is 32.2 Å². The number of carbonyl (C=O) groups is 4. The van der Waals surface area contributed by atoms with Crippen molar-refractivity contribution in [3.8, 4) is 0 Å². The van der Waals surface area contributed by atoms with Crippen molar-refractivity contribution in [3.05, 3.63) is 29.8 Å². The molecule has 0 saturated carbocycles. The fourth-order valence-electron chi connectivity index (χ4n) is 2.11. The Morgan fingerprint density at radius 3 is 2.23 bits per heavy atom. The van der Waals surface area contributed by atoms with Gasteiger partial charge in [-0.15, -0.1) is 0 Å². The Hall–Kier alpha value is -2.71. The minimum atomic E-state index is -0.812. The topological polar surface area (TPSA) is 166 Å². The van der Waals surface area contributed by atoms with E-state index in [1.165, 1.54) is 6.42 Å². The SMILES string of the molecule is CCC.NCC(=O)NC(CCCNC(N)=O)C(=O)Nc1ccc(COC(=O)P)cc1. The summed E-state index contributed by atoms with van der Waals surface area (Å²) < 4.78 is 4.85. The standard InChI is InChI=1S/C16H24N5O5P.C3H8/c17-8-13(22)21-12(2-1-7-19-15(18)24)14(23)20-11-5-3-10(4-6-11)9-26-16(25)27;1-3-2/h3-6,12H,1-2,7-9,17,27H2,(H,20,23)(H,21,22)(H3,18,19,24);3H2,1-2H3. The Balaban J connectivity index is 0.00000263. The van der Waals surface area contributed by atoms with E-state index >= 15 is 0 Å². The van der Waals surface area contributed by atoms with E-state index in [4.69, 9.17) is 16.2 Å². The van der Waals surface area contributed by atoms with Crippen molar-refractivity contribution in [1.82, 2.24) is 10.6 Å². The molecule has 0 aliphatic heterocycles. The zero-order valence-electron chi connectivity index (χ0n) is 17.4. The molecule has 7 N–H and O–H groups in total. The number of nitrogens with two attached hydrogens (primary N) is 2. The van der Waals surface area contributed by atoms with Crippen LogP contribution in [0.1, 0.15) is 38.7 Å². The summed E-state index contributed by atoms with van der Waals surface area (Å²) in [7, 11) is 1.92. The molecule has 1 rings (SSSR count). The van der Waals surface area contributed by atoms with Gasteiger partial charge in [0.05, 0.1) is 6.54 Å². The Kier molecular flexibility index (Phi) is 14.7. The number of urea groups is 1. The molecule has 11 heteroatoms. The number of anilines is 1. The monoisotopic (exact) mass is 441 g/mol. The summed E-state index contributed by atoms with van der Waals surface area (Å²) in [4.78, 5) is 45.4. The van der Waals surface area contributed by atoms with E-state index in [1.54, 1.807) is 24.3 Å². The normalized spacial score (nSPS) is 10.7. The fraction of sp³-hybridized carbons (Fsp3) is 0.474. The van der Waals surface area contributed by atoms with Gasteiger partial charge in [0, 0.05) is 12.2 Å². The van der Waals surface area contributed by atoms with Gasteiger partial charge in [0.1, 0.15) is 12.6 Å². The van der Waals surface area contributed by atoms with E-state index in [0.29, 0.717) is 18.5 Å². The lowest BCUT2D eigenvalue weighted by molar-refractivity contribution is -0.125. The highest BCUT2D eigenvalue weighted by atomic mass is 31.0. The molecule has 0 aromatic heterocycles. The van der Waals surface area contributed by atoms with Crippen LogP contribution < -0.4 is 27.4 Å². The Bertz CT molecular complexity index is 684. The summed E-state index contributed by atoms with van der Waals surface area (Å²) in [6, 6.07) is 5.24. The Morgan fingerprint density at radius 2 is 1.73 bits per heavy atom. The molecule has 1 aromatic carbocycles. The number of nitrogens with one attached hydrogen (secondary N) is 3. The van der Waals surface area contributed by atoms with Crippen molar-refractivity contribution in [1.29, 1.82) is 0 Å². The van der Waals surface area contributed by atoms with Crippen molar-refractivity contribution in [2.45, 2.75) is 45.8 Å². The molecule has 2 atom stereocenters. The summed E-state index contributed by atoms with van der Waals surface area (Å²) in [6.07, 6.45) is 1.98. The molecule has 0 aliphatic carbocycles. The van der Waals surface area contributed by atoms with Gasteiger partial charge in [-0.1, -0.05) is 32.4 Å². The predicted molar refractivity (Wildman–Crippen MR) is 119 cm³/mol. The average Bonchev–Trinajstić information content (AvgIpc) is 2.69. The minimum Gasteiger partial charge on any atom is -0.458 e. The summed E-state index contributed by atoms with van der Waals surface area (Å²) in [5, 5.41) is 7.65. The second kappa shape index (κ2) is 16.1. The van der Waals surface area contributed by atoms with Crippen LogP contribution in [0.2, 0.25) is 0 Å². The van der Waals surface area contributed by atoms with Gasteiger partial charge in [0.25, 0.3) is 0 Å². The van der Waals surface area contributed by atoms with Gasteiger partial charge in [0.2, 0.25) is 11.8 Å². The van der Waals surface area contributed by atoms with Crippen LogP contribution in [-0.4, -0.2) is 42.7 Å². The fourth-order valence-corrected chi connectivity index (χ4v) is 2.19. The molecule has 0 aliphatic rings. The maximum absolute atomic E-state index is 12.4. The molecule has 30 heavy (non-hydrogen) atoms. The number of ether oxygens (including phenoxy) is 1. The second-order valence-corrected chi connectivity index (χ2v) is 6.73. The van der Waals surface area contributed by atoms with Crippen molar-refractivity contribution in [2.75, 3.05) is 18.4 Å². The smallest absolute Gasteiger partial charge is 0.320 e. The van der Waals surface area contributed by atoms with E-state index in [1.807, 2.05) is 9.24 Å². The third-order valence-corrected chi connectivity index (χ3v) is 3.58. The van der Waals surface area contributed by atoms with Crippen LogP contribution in [-0.2, 0) is 20.9 Å². The summed E-state index contributed by atoms with van der Waals surface area (Å²) in [6.45, 7) is 4.41. The lowest BCUT2D eigenvalue weighted by Gasteiger charge is -2.18. The van der Waals surface area contributed by atoms with Crippen LogP contribution in [0, 0.1) is 0 Å². The van der Waals surface area contributed by atoms with Crippen molar-refractivity contribution in [3.63, 3.8) is 0 Å². The highest BCUT2D eigenvalue weighted by molar-refractivity contribution is 7.39. The third-order valence-electron chi connectivity index (χ3n) is 3.41. The largest absolute Gasteiger partial charge is 0.458 e. The number of carbonyl (C=O) groups excluding carboxylic acids is 4. The first-order chi connectivity index (χ1) is 14.2.